The van der Waals surface area contributed by atoms with Crippen LogP contribution in [0.15, 0.2) is 0 Å². The number of cyclic esters (lactones) is 1. The Morgan fingerprint density at radius 1 is 1.05 bits per heavy atom. The highest BCUT2D eigenvalue weighted by Crippen LogP contribution is 2.67. The minimum absolute atomic E-state index is 0.00497. The predicted octanol–water partition coefficient (Wildman–Crippen LogP) is 3.54. The van der Waals surface area contributed by atoms with Gasteiger partial charge in [-0.15, -0.1) is 0 Å². The van der Waals surface area contributed by atoms with E-state index in [1.54, 1.807) is 0 Å². The van der Waals surface area contributed by atoms with E-state index < -0.39 is 5.60 Å². The molecule has 3 aliphatic carbocycles. The molecule has 1 N–H and O–H groups in total. The van der Waals surface area contributed by atoms with Gasteiger partial charge in [-0.3, -0.25) is 4.79 Å². The number of hydrogen-bond acceptors (Lipinski definition) is 3. The molecule has 7 atom stereocenters. The molecule has 22 heavy (non-hydrogen) atoms. The summed E-state index contributed by atoms with van der Waals surface area (Å²) < 4.78 is 5.49. The third-order valence-electron chi connectivity index (χ3n) is 8.58. The maximum atomic E-state index is 11.7. The first kappa shape index (κ1) is 15.0. The minimum Gasteiger partial charge on any atom is -0.465 e. The molecule has 4 aliphatic rings. The standard InChI is InChI=1S/C19H30O3/c1-17-11-22-16(20)10-12(17)4-5-13-14(17)6-8-18(2)15(13)7-9-19(18,3)21/h12-15,21H,4-11H2,1-3H3/t12-,13+,14-,15-,17-,18+,19+/m0/s1. The van der Waals surface area contributed by atoms with E-state index in [0.29, 0.717) is 36.7 Å². The van der Waals surface area contributed by atoms with Crippen LogP contribution in [0.2, 0.25) is 0 Å². The third-order valence-corrected chi connectivity index (χ3v) is 8.58. The fraction of sp³-hybridized carbons (Fsp3) is 0.947. The van der Waals surface area contributed by atoms with Gasteiger partial charge >= 0.3 is 5.97 Å². The lowest BCUT2D eigenvalue weighted by molar-refractivity contribution is -0.186. The Morgan fingerprint density at radius 3 is 2.55 bits per heavy atom. The molecule has 0 amide bonds. The summed E-state index contributed by atoms with van der Waals surface area (Å²) in [6, 6.07) is 0. The molecule has 3 heteroatoms. The van der Waals surface area contributed by atoms with Crippen molar-refractivity contribution in [2.45, 2.75) is 71.3 Å². The van der Waals surface area contributed by atoms with Gasteiger partial charge in [0.05, 0.1) is 12.2 Å². The van der Waals surface area contributed by atoms with Crippen molar-refractivity contribution >= 4 is 5.97 Å². The van der Waals surface area contributed by atoms with Crippen LogP contribution in [-0.4, -0.2) is 23.3 Å². The molecule has 124 valence electrons. The zero-order valence-corrected chi connectivity index (χ0v) is 14.2. The van der Waals surface area contributed by atoms with Crippen LogP contribution in [0.4, 0.5) is 0 Å². The van der Waals surface area contributed by atoms with Crippen LogP contribution >= 0.6 is 0 Å². The number of aliphatic hydroxyl groups is 1. The Labute approximate surface area is 133 Å². The van der Waals surface area contributed by atoms with E-state index in [1.807, 2.05) is 0 Å². The van der Waals surface area contributed by atoms with E-state index >= 15 is 0 Å². The first-order valence-electron chi connectivity index (χ1n) is 9.16. The van der Waals surface area contributed by atoms with Gasteiger partial charge in [-0.1, -0.05) is 13.8 Å². The molecule has 0 aromatic carbocycles. The Kier molecular flexibility index (Phi) is 3.06. The van der Waals surface area contributed by atoms with E-state index in [4.69, 9.17) is 4.74 Å². The Bertz CT molecular complexity index is 499. The summed E-state index contributed by atoms with van der Waals surface area (Å²) >= 11 is 0. The smallest absolute Gasteiger partial charge is 0.306 e. The highest BCUT2D eigenvalue weighted by Gasteiger charge is 2.63. The van der Waals surface area contributed by atoms with Gasteiger partial charge in [-0.05, 0) is 74.5 Å². The van der Waals surface area contributed by atoms with Gasteiger partial charge in [0.1, 0.15) is 0 Å². The highest BCUT2D eigenvalue weighted by atomic mass is 16.5. The zero-order chi connectivity index (χ0) is 15.8. The molecule has 4 rings (SSSR count). The summed E-state index contributed by atoms with van der Waals surface area (Å²) in [6.07, 6.45) is 7.48. The maximum absolute atomic E-state index is 11.7. The molecule has 1 saturated heterocycles. The second kappa shape index (κ2) is 4.49. The van der Waals surface area contributed by atoms with Crippen LogP contribution < -0.4 is 0 Å². The van der Waals surface area contributed by atoms with Crippen LogP contribution in [0.3, 0.4) is 0 Å². The van der Waals surface area contributed by atoms with Crippen molar-refractivity contribution in [3.05, 3.63) is 0 Å². The minimum atomic E-state index is -0.501. The van der Waals surface area contributed by atoms with Crippen molar-refractivity contribution in [1.29, 1.82) is 0 Å². The number of rotatable bonds is 0. The molecule has 4 fully saturated rings. The molecule has 0 aromatic rings. The number of fused-ring (bicyclic) bond motifs is 5. The maximum Gasteiger partial charge on any atom is 0.306 e. The average molecular weight is 306 g/mol. The van der Waals surface area contributed by atoms with Crippen molar-refractivity contribution in [3.63, 3.8) is 0 Å². The van der Waals surface area contributed by atoms with Crippen LogP contribution in [-0.2, 0) is 9.53 Å². The number of ether oxygens (including phenoxy) is 1. The van der Waals surface area contributed by atoms with Crippen LogP contribution in [0, 0.1) is 34.5 Å². The fourth-order valence-corrected chi connectivity index (χ4v) is 6.83. The second-order valence-electron chi connectivity index (χ2n) is 9.29. The van der Waals surface area contributed by atoms with Gasteiger partial charge in [0.2, 0.25) is 0 Å². The van der Waals surface area contributed by atoms with Gasteiger partial charge < -0.3 is 9.84 Å². The van der Waals surface area contributed by atoms with Crippen molar-refractivity contribution in [2.24, 2.45) is 34.5 Å². The molecule has 1 aliphatic heterocycles. The quantitative estimate of drug-likeness (QED) is 0.696. The number of carbonyl (C=O) groups is 1. The van der Waals surface area contributed by atoms with Gasteiger partial charge in [-0.25, -0.2) is 0 Å². The molecule has 0 bridgehead atoms. The summed E-state index contributed by atoms with van der Waals surface area (Å²) in [5, 5.41) is 10.9. The Hall–Kier alpha value is -0.570. The van der Waals surface area contributed by atoms with Crippen molar-refractivity contribution in [1.82, 2.24) is 0 Å². The molecule has 0 radical (unpaired) electrons. The van der Waals surface area contributed by atoms with Crippen LogP contribution in [0.1, 0.15) is 65.7 Å². The average Bonchev–Trinajstić information content (AvgIpc) is 2.70. The van der Waals surface area contributed by atoms with E-state index in [-0.39, 0.29) is 16.8 Å². The molecule has 3 saturated carbocycles. The molecule has 3 nitrogen and oxygen atoms in total. The normalized spacial score (nSPS) is 57.5. The lowest BCUT2D eigenvalue weighted by atomic mass is 9.46. The second-order valence-corrected chi connectivity index (χ2v) is 9.29. The summed E-state index contributed by atoms with van der Waals surface area (Å²) in [5.41, 5.74) is -0.241. The Balaban J connectivity index is 1.65. The van der Waals surface area contributed by atoms with Crippen molar-refractivity contribution in [3.8, 4) is 0 Å². The lowest BCUT2D eigenvalue weighted by Gasteiger charge is -2.60. The van der Waals surface area contributed by atoms with Crippen LogP contribution in [0.5, 0.6) is 0 Å². The van der Waals surface area contributed by atoms with Crippen molar-refractivity contribution < 1.29 is 14.6 Å². The third kappa shape index (κ3) is 1.75. The lowest BCUT2D eigenvalue weighted by Crippen LogP contribution is -2.57. The SMILES string of the molecule is C[C@]12COC(=O)C[C@@H]1CC[C@@H]1[C@@H]2CC[C@]2(C)[C@H]1CC[C@@]2(C)O. The molecule has 0 unspecified atom stereocenters. The number of esters is 1. The van der Waals surface area contributed by atoms with E-state index in [2.05, 4.69) is 20.8 Å². The predicted molar refractivity (Wildman–Crippen MR) is 84.1 cm³/mol. The van der Waals surface area contributed by atoms with Gasteiger partial charge in [0.25, 0.3) is 0 Å². The summed E-state index contributed by atoms with van der Waals surface area (Å²) in [7, 11) is 0. The molecule has 0 spiro atoms. The summed E-state index contributed by atoms with van der Waals surface area (Å²) in [5.74, 6) is 2.56. The van der Waals surface area contributed by atoms with Crippen LogP contribution in [0.25, 0.3) is 0 Å². The molecule has 1 heterocycles. The summed E-state index contributed by atoms with van der Waals surface area (Å²) in [6.45, 7) is 7.38. The van der Waals surface area contributed by atoms with Gasteiger partial charge in [0.15, 0.2) is 0 Å². The van der Waals surface area contributed by atoms with Gasteiger partial charge in [-0.2, -0.15) is 0 Å². The zero-order valence-electron chi connectivity index (χ0n) is 14.2. The topological polar surface area (TPSA) is 46.5 Å². The largest absolute Gasteiger partial charge is 0.465 e. The van der Waals surface area contributed by atoms with E-state index in [9.17, 15) is 9.90 Å². The van der Waals surface area contributed by atoms with Crippen molar-refractivity contribution in [2.75, 3.05) is 6.61 Å². The number of carbonyl (C=O) groups excluding carboxylic acids is 1. The Morgan fingerprint density at radius 2 is 1.77 bits per heavy atom. The first-order valence-corrected chi connectivity index (χ1v) is 9.16. The molecule has 0 aromatic heterocycles. The van der Waals surface area contributed by atoms with E-state index in [1.165, 1.54) is 25.7 Å². The monoisotopic (exact) mass is 306 g/mol. The van der Waals surface area contributed by atoms with E-state index in [0.717, 1.165) is 12.8 Å². The summed E-state index contributed by atoms with van der Waals surface area (Å²) in [4.78, 5) is 11.7. The molecular weight excluding hydrogens is 276 g/mol. The number of hydrogen-bond donors (Lipinski definition) is 1. The fourth-order valence-electron chi connectivity index (χ4n) is 6.83. The molecular formula is C19H30O3. The highest BCUT2D eigenvalue weighted by molar-refractivity contribution is 5.70. The first-order chi connectivity index (χ1) is 10.3. The van der Waals surface area contributed by atoms with Gasteiger partial charge in [0, 0.05) is 11.8 Å².